The third kappa shape index (κ3) is 5.25. The third-order valence-electron chi connectivity index (χ3n) is 1.92. The van der Waals surface area contributed by atoms with E-state index < -0.39 is 12.5 Å². The predicted molar refractivity (Wildman–Crippen MR) is 57.5 cm³/mol. The lowest BCUT2D eigenvalue weighted by atomic mass is 10.1. The van der Waals surface area contributed by atoms with Gasteiger partial charge in [0, 0.05) is 0 Å². The molecule has 0 heterocycles. The second-order valence-electron chi connectivity index (χ2n) is 3.20. The molecular formula is C12H15F3. The molecule has 0 fully saturated rings. The molecule has 0 aromatic heterocycles. The second-order valence-corrected chi connectivity index (χ2v) is 3.20. The molecule has 0 radical (unpaired) electrons. The van der Waals surface area contributed by atoms with E-state index >= 15 is 0 Å². The van der Waals surface area contributed by atoms with Crippen LogP contribution >= 0.6 is 0 Å². The fraction of sp³-hybridized carbons (Fsp3) is 0.333. The molecule has 0 atom stereocenters. The number of hydrogen-bond acceptors (Lipinski definition) is 0. The fourth-order valence-corrected chi connectivity index (χ4v) is 0.889. The number of alkyl halides is 1. The van der Waals surface area contributed by atoms with E-state index in [2.05, 4.69) is 6.58 Å². The summed E-state index contributed by atoms with van der Waals surface area (Å²) in [5.41, 5.74) is 0.777. The average Bonchev–Trinajstić information content (AvgIpc) is 2.24. The van der Waals surface area contributed by atoms with Gasteiger partial charge in [-0.1, -0.05) is 12.7 Å². The highest BCUT2D eigenvalue weighted by molar-refractivity contribution is 5.32. The van der Waals surface area contributed by atoms with E-state index in [1.165, 1.54) is 6.08 Å². The van der Waals surface area contributed by atoms with Crippen molar-refractivity contribution in [1.82, 2.24) is 0 Å². The van der Waals surface area contributed by atoms with E-state index in [1.54, 1.807) is 19.9 Å². The minimum atomic E-state index is -0.881. The predicted octanol–water partition coefficient (Wildman–Crippen LogP) is 4.58. The Morgan fingerprint density at radius 1 is 1.40 bits per heavy atom. The van der Waals surface area contributed by atoms with E-state index in [1.807, 2.05) is 0 Å². The highest BCUT2D eigenvalue weighted by Gasteiger charge is 2.02. The molecule has 0 spiro atoms. The Balaban J connectivity index is 4.50. The third-order valence-corrected chi connectivity index (χ3v) is 1.92. The van der Waals surface area contributed by atoms with E-state index in [4.69, 9.17) is 0 Å². The van der Waals surface area contributed by atoms with Crippen LogP contribution in [0.1, 0.15) is 20.3 Å². The van der Waals surface area contributed by atoms with Crippen LogP contribution in [-0.2, 0) is 0 Å². The molecule has 0 saturated carbocycles. The molecule has 0 amide bonds. The van der Waals surface area contributed by atoms with Crippen molar-refractivity contribution in [1.29, 1.82) is 0 Å². The smallest absolute Gasteiger partial charge is 0.126 e. The van der Waals surface area contributed by atoms with E-state index in [0.29, 0.717) is 11.1 Å². The second kappa shape index (κ2) is 7.10. The molecule has 0 unspecified atom stereocenters. The van der Waals surface area contributed by atoms with Gasteiger partial charge in [-0.05, 0) is 43.1 Å². The summed E-state index contributed by atoms with van der Waals surface area (Å²) in [6.45, 7) is 5.97. The molecule has 0 aromatic rings. The Morgan fingerprint density at radius 2 is 2.00 bits per heavy atom. The van der Waals surface area contributed by atoms with Crippen LogP contribution in [0.5, 0.6) is 0 Å². The van der Waals surface area contributed by atoms with Gasteiger partial charge < -0.3 is 0 Å². The lowest BCUT2D eigenvalue weighted by Gasteiger charge is -2.02. The molecule has 0 bridgehead atoms. The van der Waals surface area contributed by atoms with Gasteiger partial charge in [-0.15, -0.1) is 0 Å². The van der Waals surface area contributed by atoms with Crippen molar-refractivity contribution in [3.05, 3.63) is 47.6 Å². The lowest BCUT2D eigenvalue weighted by molar-refractivity contribution is 0.526. The van der Waals surface area contributed by atoms with E-state index in [0.717, 1.165) is 0 Å². The van der Waals surface area contributed by atoms with Gasteiger partial charge in [-0.3, -0.25) is 0 Å². The van der Waals surface area contributed by atoms with Crippen LogP contribution in [0, 0.1) is 0 Å². The minimum absolute atomic E-state index is 0.0113. The Labute approximate surface area is 88.5 Å². The summed E-state index contributed by atoms with van der Waals surface area (Å²) in [4.78, 5) is 0. The van der Waals surface area contributed by atoms with Crippen molar-refractivity contribution in [3.8, 4) is 0 Å². The van der Waals surface area contributed by atoms with Gasteiger partial charge in [0.1, 0.15) is 12.5 Å². The topological polar surface area (TPSA) is 0 Å². The van der Waals surface area contributed by atoms with Crippen molar-refractivity contribution >= 4 is 0 Å². The summed E-state index contributed by atoms with van der Waals surface area (Å²) in [7, 11) is 0. The summed E-state index contributed by atoms with van der Waals surface area (Å²) in [6, 6.07) is 0. The molecule has 3 heteroatoms. The van der Waals surface area contributed by atoms with Crippen molar-refractivity contribution in [3.63, 3.8) is 0 Å². The SMILES string of the molecule is C=C(/C=C(F)\C(C)=C/C)C/C(=C\F)CF. The highest BCUT2D eigenvalue weighted by Crippen LogP contribution is 2.17. The molecule has 15 heavy (non-hydrogen) atoms. The summed E-state index contributed by atoms with van der Waals surface area (Å²) in [6.07, 6.45) is 3.01. The first-order valence-electron chi connectivity index (χ1n) is 4.57. The first-order valence-corrected chi connectivity index (χ1v) is 4.57. The number of halogens is 3. The first kappa shape index (κ1) is 13.8. The number of hydrogen-bond donors (Lipinski definition) is 0. The molecular weight excluding hydrogens is 201 g/mol. The monoisotopic (exact) mass is 216 g/mol. The van der Waals surface area contributed by atoms with Crippen LogP contribution < -0.4 is 0 Å². The first-order chi connectivity index (χ1) is 7.04. The van der Waals surface area contributed by atoms with Gasteiger partial charge in [-0.25, -0.2) is 13.2 Å². The maximum Gasteiger partial charge on any atom is 0.126 e. The van der Waals surface area contributed by atoms with E-state index in [9.17, 15) is 13.2 Å². The van der Waals surface area contributed by atoms with Gasteiger partial charge in [0.25, 0.3) is 0 Å². The molecule has 0 saturated heterocycles. The quantitative estimate of drug-likeness (QED) is 0.590. The van der Waals surface area contributed by atoms with Crippen molar-refractivity contribution in [2.24, 2.45) is 0 Å². The Hall–Kier alpha value is -1.25. The van der Waals surface area contributed by atoms with Crippen LogP contribution in [0.4, 0.5) is 13.2 Å². The zero-order valence-corrected chi connectivity index (χ0v) is 8.99. The van der Waals surface area contributed by atoms with Crippen LogP contribution in [0.2, 0.25) is 0 Å². The zero-order valence-electron chi connectivity index (χ0n) is 8.99. The molecule has 0 aliphatic heterocycles. The summed E-state index contributed by atoms with van der Waals surface area (Å²) in [5.74, 6) is -0.431. The standard InChI is InChI=1S/C12H15F3/c1-4-10(3)12(15)6-9(2)5-11(7-13)8-14/h4,6-7H,2,5,8H2,1,3H3/b10-4-,11-7+,12-6+. The number of rotatable bonds is 5. The summed E-state index contributed by atoms with van der Waals surface area (Å²) >= 11 is 0. The number of allylic oxidation sites excluding steroid dienone is 6. The van der Waals surface area contributed by atoms with Crippen LogP contribution in [0.15, 0.2) is 47.6 Å². The van der Waals surface area contributed by atoms with Crippen LogP contribution in [0.25, 0.3) is 0 Å². The van der Waals surface area contributed by atoms with Gasteiger partial charge in [-0.2, -0.15) is 0 Å². The Bertz CT molecular complexity index is 309. The van der Waals surface area contributed by atoms with Gasteiger partial charge in [0.2, 0.25) is 0 Å². The average molecular weight is 216 g/mol. The van der Waals surface area contributed by atoms with Crippen molar-refractivity contribution < 1.29 is 13.2 Å². The summed E-state index contributed by atoms with van der Waals surface area (Å²) < 4.78 is 37.3. The van der Waals surface area contributed by atoms with Crippen molar-refractivity contribution in [2.75, 3.05) is 6.67 Å². The largest absolute Gasteiger partial charge is 0.246 e. The Morgan fingerprint density at radius 3 is 2.40 bits per heavy atom. The maximum atomic E-state index is 13.2. The molecule has 0 nitrogen and oxygen atoms in total. The van der Waals surface area contributed by atoms with Gasteiger partial charge >= 0.3 is 0 Å². The Kier molecular flexibility index (Phi) is 6.50. The van der Waals surface area contributed by atoms with Crippen LogP contribution in [-0.4, -0.2) is 6.67 Å². The normalized spacial score (nSPS) is 14.3. The summed E-state index contributed by atoms with van der Waals surface area (Å²) in [5, 5.41) is 0. The van der Waals surface area contributed by atoms with Crippen LogP contribution in [0.3, 0.4) is 0 Å². The molecule has 0 aliphatic rings. The lowest BCUT2D eigenvalue weighted by Crippen LogP contribution is -1.88. The minimum Gasteiger partial charge on any atom is -0.246 e. The molecule has 0 N–H and O–H groups in total. The fourth-order valence-electron chi connectivity index (χ4n) is 0.889. The van der Waals surface area contributed by atoms with Crippen molar-refractivity contribution in [2.45, 2.75) is 20.3 Å². The molecule has 84 valence electrons. The molecule has 0 aliphatic carbocycles. The molecule has 0 rings (SSSR count). The highest BCUT2D eigenvalue weighted by atomic mass is 19.1. The maximum absolute atomic E-state index is 13.2. The van der Waals surface area contributed by atoms with Gasteiger partial charge in [0.15, 0.2) is 0 Å². The molecule has 0 aromatic carbocycles. The van der Waals surface area contributed by atoms with E-state index in [-0.39, 0.29) is 18.3 Å². The zero-order chi connectivity index (χ0) is 11.8. The van der Waals surface area contributed by atoms with Gasteiger partial charge in [0.05, 0.1) is 6.33 Å².